The normalized spacial score (nSPS) is 13.3. The van der Waals surface area contributed by atoms with Gasteiger partial charge in [0.25, 0.3) is 5.91 Å². The first kappa shape index (κ1) is 19.7. The number of rotatable bonds is 5. The van der Waals surface area contributed by atoms with Crippen molar-refractivity contribution in [1.82, 2.24) is 10.6 Å². The Hall–Kier alpha value is -2.62. The number of amides is 3. The zero-order valence-corrected chi connectivity index (χ0v) is 15.6. The quantitative estimate of drug-likeness (QED) is 0.710. The van der Waals surface area contributed by atoms with Crippen LogP contribution in [0.1, 0.15) is 29.8 Å². The van der Waals surface area contributed by atoms with Crippen molar-refractivity contribution in [1.29, 1.82) is 0 Å². The summed E-state index contributed by atoms with van der Waals surface area (Å²) in [4.78, 5) is 35.0. The summed E-state index contributed by atoms with van der Waals surface area (Å²) in [6.07, 6.45) is 1.61. The number of nitrogens with one attached hydrogen (secondary N) is 2. The van der Waals surface area contributed by atoms with Gasteiger partial charge in [-0.25, -0.2) is 18.0 Å². The fourth-order valence-corrected chi connectivity index (χ4v) is 3.48. The Morgan fingerprint density at radius 3 is 2.58 bits per heavy atom. The molecule has 0 radical (unpaired) electrons. The van der Waals surface area contributed by atoms with E-state index < -0.39 is 34.5 Å². The van der Waals surface area contributed by atoms with Gasteiger partial charge in [0.15, 0.2) is 6.61 Å². The van der Waals surface area contributed by atoms with Gasteiger partial charge in [-0.3, -0.25) is 14.4 Å². The first-order valence-corrected chi connectivity index (χ1v) is 9.81. The van der Waals surface area contributed by atoms with Crippen LogP contribution in [0.3, 0.4) is 0 Å². The minimum atomic E-state index is -3.36. The Bertz CT molecular complexity index is 834. The number of hydrogen-bond acceptors (Lipinski definition) is 6. The monoisotopic (exact) mass is 383 g/mol. The van der Waals surface area contributed by atoms with Crippen molar-refractivity contribution in [3.8, 4) is 0 Å². The summed E-state index contributed by atoms with van der Waals surface area (Å²) < 4.78 is 29.6. The first-order valence-electron chi connectivity index (χ1n) is 7.96. The smallest absolute Gasteiger partial charge is 0.338 e. The molecule has 0 atom stereocenters. The maximum Gasteiger partial charge on any atom is 0.338 e. The number of anilines is 1. The molecular formula is C16H21N3O6S. The molecule has 0 unspecified atom stereocenters. The van der Waals surface area contributed by atoms with Crippen molar-refractivity contribution < 1.29 is 27.5 Å². The predicted molar refractivity (Wildman–Crippen MR) is 94.4 cm³/mol. The molecular weight excluding hydrogens is 362 g/mol. The van der Waals surface area contributed by atoms with E-state index in [-0.39, 0.29) is 11.6 Å². The molecule has 1 aliphatic rings. The topological polar surface area (TPSA) is 122 Å². The molecule has 0 bridgehead atoms. The Labute approximate surface area is 151 Å². The van der Waals surface area contributed by atoms with Crippen LogP contribution in [0, 0.1) is 0 Å². The lowest BCUT2D eigenvalue weighted by molar-refractivity contribution is -0.123. The molecule has 2 rings (SSSR count). The molecule has 1 aliphatic heterocycles. The lowest BCUT2D eigenvalue weighted by atomic mass is 10.1. The van der Waals surface area contributed by atoms with Crippen LogP contribution in [-0.2, 0) is 26.0 Å². The zero-order valence-electron chi connectivity index (χ0n) is 14.7. The summed E-state index contributed by atoms with van der Waals surface area (Å²) in [5.74, 6) is -1.48. The Kier molecular flexibility index (Phi) is 5.86. The van der Waals surface area contributed by atoms with Crippen molar-refractivity contribution in [3.63, 3.8) is 0 Å². The van der Waals surface area contributed by atoms with Crippen molar-refractivity contribution >= 4 is 33.6 Å². The van der Waals surface area contributed by atoms with Crippen molar-refractivity contribution in [2.45, 2.75) is 26.3 Å². The minimum Gasteiger partial charge on any atom is -0.452 e. The predicted octanol–water partition coefficient (Wildman–Crippen LogP) is 0.400. The Morgan fingerprint density at radius 1 is 1.27 bits per heavy atom. The average molecular weight is 383 g/mol. The van der Waals surface area contributed by atoms with E-state index in [0.29, 0.717) is 24.2 Å². The number of carbonyl (C=O) groups is 3. The molecule has 0 fully saturated rings. The number of carbonyl (C=O) groups excluding carboxylic acids is 3. The molecule has 0 aromatic heterocycles. The van der Waals surface area contributed by atoms with E-state index >= 15 is 0 Å². The summed E-state index contributed by atoms with van der Waals surface area (Å²) in [6.45, 7) is 3.20. The van der Waals surface area contributed by atoms with Crippen molar-refractivity contribution in [2.75, 3.05) is 23.7 Å². The zero-order chi connectivity index (χ0) is 19.5. The van der Waals surface area contributed by atoms with E-state index in [9.17, 15) is 22.8 Å². The molecule has 10 heteroatoms. The number of sulfonamides is 1. The maximum atomic E-state index is 12.1. The molecule has 0 saturated carbocycles. The first-order chi connectivity index (χ1) is 12.1. The third kappa shape index (κ3) is 4.94. The summed E-state index contributed by atoms with van der Waals surface area (Å²) in [6, 6.07) is 3.72. The minimum absolute atomic E-state index is 0.136. The van der Waals surface area contributed by atoms with Crippen LogP contribution in [0.15, 0.2) is 18.2 Å². The number of benzene rings is 1. The molecule has 0 spiro atoms. The summed E-state index contributed by atoms with van der Waals surface area (Å²) in [5.41, 5.74) is 1.45. The molecule has 2 N–H and O–H groups in total. The third-order valence-corrected chi connectivity index (χ3v) is 4.76. The van der Waals surface area contributed by atoms with Gasteiger partial charge >= 0.3 is 12.0 Å². The second-order valence-electron chi connectivity index (χ2n) is 6.18. The largest absolute Gasteiger partial charge is 0.452 e. The van der Waals surface area contributed by atoms with Gasteiger partial charge in [-0.1, -0.05) is 0 Å². The number of ether oxygens (including phenoxy) is 1. The maximum absolute atomic E-state index is 12.1. The lowest BCUT2D eigenvalue weighted by Gasteiger charge is -2.16. The van der Waals surface area contributed by atoms with Crippen LogP contribution < -0.4 is 14.9 Å². The molecule has 26 heavy (non-hydrogen) atoms. The number of fused-ring (bicyclic) bond motifs is 1. The molecule has 142 valence electrons. The van der Waals surface area contributed by atoms with E-state index in [1.165, 1.54) is 16.4 Å². The number of hydrogen-bond donors (Lipinski definition) is 2. The van der Waals surface area contributed by atoms with E-state index in [0.717, 1.165) is 6.26 Å². The number of urea groups is 1. The molecule has 3 amide bonds. The summed E-state index contributed by atoms with van der Waals surface area (Å²) in [5, 5.41) is 4.51. The second kappa shape index (κ2) is 7.73. The van der Waals surface area contributed by atoms with Crippen LogP contribution in [0.25, 0.3) is 0 Å². The number of imide groups is 1. The van der Waals surface area contributed by atoms with Gasteiger partial charge in [0, 0.05) is 12.6 Å². The SMILES string of the molecule is CC(C)NC(=O)NC(=O)COC(=O)c1ccc2c(c1)CCN2S(C)(=O)=O. The van der Waals surface area contributed by atoms with E-state index in [4.69, 9.17) is 4.74 Å². The highest BCUT2D eigenvalue weighted by Gasteiger charge is 2.27. The highest BCUT2D eigenvalue weighted by Crippen LogP contribution is 2.30. The molecule has 1 aromatic carbocycles. The average Bonchev–Trinajstić information content (AvgIpc) is 2.94. The Morgan fingerprint density at radius 2 is 1.96 bits per heavy atom. The van der Waals surface area contributed by atoms with Gasteiger partial charge in [-0.2, -0.15) is 0 Å². The van der Waals surface area contributed by atoms with E-state index in [1.807, 2.05) is 5.32 Å². The van der Waals surface area contributed by atoms with Gasteiger partial charge in [-0.05, 0) is 44.0 Å². The Balaban J connectivity index is 1.95. The summed E-state index contributed by atoms with van der Waals surface area (Å²) in [7, 11) is -3.36. The van der Waals surface area contributed by atoms with Crippen LogP contribution in [0.5, 0.6) is 0 Å². The van der Waals surface area contributed by atoms with Gasteiger partial charge in [0.2, 0.25) is 10.0 Å². The fourth-order valence-electron chi connectivity index (χ4n) is 2.52. The van der Waals surface area contributed by atoms with Gasteiger partial charge in [0.05, 0.1) is 17.5 Å². The molecule has 0 aliphatic carbocycles. The van der Waals surface area contributed by atoms with E-state index in [2.05, 4.69) is 5.32 Å². The molecule has 9 nitrogen and oxygen atoms in total. The number of esters is 1. The van der Waals surface area contributed by atoms with Gasteiger partial charge < -0.3 is 10.1 Å². The molecule has 1 aromatic rings. The molecule has 0 saturated heterocycles. The standard InChI is InChI=1S/C16H21N3O6S/c1-10(2)17-16(22)18-14(20)9-25-15(21)12-4-5-13-11(8-12)6-7-19(13)26(3,23)24/h4-5,8,10H,6-7,9H2,1-3H3,(H2,17,18,20,22). The van der Waals surface area contributed by atoms with Gasteiger partial charge in [-0.15, -0.1) is 0 Å². The second-order valence-corrected chi connectivity index (χ2v) is 8.09. The number of nitrogens with zero attached hydrogens (tertiary/aromatic N) is 1. The third-order valence-electron chi connectivity index (χ3n) is 3.58. The fraction of sp³-hybridized carbons (Fsp3) is 0.438. The summed E-state index contributed by atoms with van der Waals surface area (Å²) >= 11 is 0. The van der Waals surface area contributed by atoms with Crippen LogP contribution in [0.4, 0.5) is 10.5 Å². The van der Waals surface area contributed by atoms with Crippen molar-refractivity contribution in [3.05, 3.63) is 29.3 Å². The van der Waals surface area contributed by atoms with Gasteiger partial charge in [0.1, 0.15) is 0 Å². The van der Waals surface area contributed by atoms with Crippen LogP contribution >= 0.6 is 0 Å². The highest BCUT2D eigenvalue weighted by atomic mass is 32.2. The molecule has 1 heterocycles. The highest BCUT2D eigenvalue weighted by molar-refractivity contribution is 7.92. The van der Waals surface area contributed by atoms with Crippen LogP contribution in [0.2, 0.25) is 0 Å². The van der Waals surface area contributed by atoms with Crippen molar-refractivity contribution in [2.24, 2.45) is 0 Å². The van der Waals surface area contributed by atoms with E-state index in [1.54, 1.807) is 19.9 Å². The van der Waals surface area contributed by atoms with Crippen LogP contribution in [-0.4, -0.2) is 51.8 Å². The lowest BCUT2D eigenvalue weighted by Crippen LogP contribution is -2.44.